The molecule has 0 radical (unpaired) electrons. The predicted molar refractivity (Wildman–Crippen MR) is 70.3 cm³/mol. The Hall–Kier alpha value is -1.27. The van der Waals surface area contributed by atoms with Crippen molar-refractivity contribution in [2.75, 3.05) is 19.6 Å². The lowest BCUT2D eigenvalue weighted by Crippen LogP contribution is -2.34. The molecule has 104 valence electrons. The summed E-state index contributed by atoms with van der Waals surface area (Å²) in [6.07, 6.45) is 3.16. The van der Waals surface area contributed by atoms with E-state index in [0.29, 0.717) is 11.5 Å². The lowest BCUT2D eigenvalue weighted by molar-refractivity contribution is 0.172. The molecule has 1 atom stereocenters. The molecular formula is C13H17NO4S. The second-order valence-corrected chi connectivity index (χ2v) is 7.26. The van der Waals surface area contributed by atoms with E-state index in [1.807, 2.05) is 13.0 Å². The zero-order chi connectivity index (χ0) is 13.7. The van der Waals surface area contributed by atoms with Crippen molar-refractivity contribution in [2.24, 2.45) is 0 Å². The van der Waals surface area contributed by atoms with Gasteiger partial charge in [-0.05, 0) is 37.9 Å². The number of nitrogens with one attached hydrogen (secondary N) is 1. The topological polar surface area (TPSA) is 64.6 Å². The van der Waals surface area contributed by atoms with Crippen LogP contribution in [0.25, 0.3) is 0 Å². The first-order chi connectivity index (χ1) is 8.92. The van der Waals surface area contributed by atoms with Crippen LogP contribution in [0.4, 0.5) is 0 Å². The van der Waals surface area contributed by atoms with Crippen LogP contribution in [0.1, 0.15) is 25.3 Å². The SMILES string of the molecule is CC1(c2ccc3c(c2S(C)(=O)=O)OCO3)CCCN1. The van der Waals surface area contributed by atoms with E-state index in [9.17, 15) is 8.42 Å². The van der Waals surface area contributed by atoms with Crippen molar-refractivity contribution in [1.82, 2.24) is 5.32 Å². The van der Waals surface area contributed by atoms with Gasteiger partial charge in [0, 0.05) is 11.8 Å². The average Bonchev–Trinajstić information content (AvgIpc) is 2.94. The van der Waals surface area contributed by atoms with Crippen LogP contribution in [-0.2, 0) is 15.4 Å². The van der Waals surface area contributed by atoms with Crippen molar-refractivity contribution in [3.8, 4) is 11.5 Å². The van der Waals surface area contributed by atoms with Gasteiger partial charge in [0.2, 0.25) is 6.79 Å². The normalized spacial score (nSPS) is 25.8. The maximum atomic E-state index is 12.1. The van der Waals surface area contributed by atoms with Gasteiger partial charge in [-0.1, -0.05) is 6.07 Å². The minimum atomic E-state index is -3.38. The molecule has 1 aromatic rings. The standard InChI is InChI=1S/C13H17NO4S/c1-13(6-3-7-14-13)9-4-5-10-11(18-8-17-10)12(9)19(2,15)16/h4-5,14H,3,6-8H2,1-2H3. The Labute approximate surface area is 112 Å². The Balaban J connectivity index is 2.26. The maximum absolute atomic E-state index is 12.1. The van der Waals surface area contributed by atoms with Gasteiger partial charge in [-0.25, -0.2) is 8.42 Å². The number of sulfone groups is 1. The summed E-state index contributed by atoms with van der Waals surface area (Å²) in [6.45, 7) is 3.01. The smallest absolute Gasteiger partial charge is 0.231 e. The Morgan fingerprint density at radius 2 is 2.11 bits per heavy atom. The number of rotatable bonds is 2. The van der Waals surface area contributed by atoms with Crippen LogP contribution in [0.15, 0.2) is 17.0 Å². The summed E-state index contributed by atoms with van der Waals surface area (Å²) < 4.78 is 34.9. The van der Waals surface area contributed by atoms with E-state index in [4.69, 9.17) is 9.47 Å². The fourth-order valence-corrected chi connectivity index (χ4v) is 4.06. The highest BCUT2D eigenvalue weighted by Gasteiger charge is 2.38. The third kappa shape index (κ3) is 1.99. The van der Waals surface area contributed by atoms with E-state index in [2.05, 4.69) is 5.32 Å². The van der Waals surface area contributed by atoms with Gasteiger partial charge < -0.3 is 14.8 Å². The summed E-state index contributed by atoms with van der Waals surface area (Å²) in [5.74, 6) is 0.862. The van der Waals surface area contributed by atoms with Gasteiger partial charge in [0.15, 0.2) is 21.3 Å². The molecule has 0 bridgehead atoms. The first-order valence-corrected chi connectivity index (χ1v) is 8.19. The molecule has 2 aliphatic heterocycles. The van der Waals surface area contributed by atoms with Crippen molar-refractivity contribution in [2.45, 2.75) is 30.2 Å². The maximum Gasteiger partial charge on any atom is 0.231 e. The third-order valence-corrected chi connectivity index (χ3v) is 4.97. The molecule has 1 N–H and O–H groups in total. The molecule has 1 fully saturated rings. The highest BCUT2D eigenvalue weighted by atomic mass is 32.2. The summed E-state index contributed by atoms with van der Waals surface area (Å²) in [6, 6.07) is 3.62. The Kier molecular flexibility index (Phi) is 2.76. The molecule has 19 heavy (non-hydrogen) atoms. The molecule has 0 amide bonds. The molecule has 5 nitrogen and oxygen atoms in total. The molecule has 6 heteroatoms. The van der Waals surface area contributed by atoms with Crippen molar-refractivity contribution in [3.63, 3.8) is 0 Å². The quantitative estimate of drug-likeness (QED) is 0.889. The van der Waals surface area contributed by atoms with E-state index in [1.54, 1.807) is 6.07 Å². The van der Waals surface area contributed by atoms with E-state index in [1.165, 1.54) is 6.26 Å². The fraction of sp³-hybridized carbons (Fsp3) is 0.538. The van der Waals surface area contributed by atoms with Crippen molar-refractivity contribution < 1.29 is 17.9 Å². The zero-order valence-corrected chi connectivity index (χ0v) is 11.8. The van der Waals surface area contributed by atoms with Crippen LogP contribution in [0.3, 0.4) is 0 Å². The molecule has 3 rings (SSSR count). The lowest BCUT2D eigenvalue weighted by atomic mass is 9.90. The van der Waals surface area contributed by atoms with Crippen LogP contribution in [-0.4, -0.2) is 28.0 Å². The van der Waals surface area contributed by atoms with Gasteiger partial charge in [0.05, 0.1) is 0 Å². The molecule has 0 aromatic heterocycles. The predicted octanol–water partition coefficient (Wildman–Crippen LogP) is 1.42. The molecular weight excluding hydrogens is 266 g/mol. The molecule has 1 saturated heterocycles. The van der Waals surface area contributed by atoms with E-state index in [-0.39, 0.29) is 17.2 Å². The minimum absolute atomic E-state index is 0.0749. The van der Waals surface area contributed by atoms with Crippen LogP contribution in [0.5, 0.6) is 11.5 Å². The van der Waals surface area contributed by atoms with Gasteiger partial charge in [-0.2, -0.15) is 0 Å². The van der Waals surface area contributed by atoms with Crippen LogP contribution in [0.2, 0.25) is 0 Å². The molecule has 0 aliphatic carbocycles. The number of hydrogen-bond acceptors (Lipinski definition) is 5. The first-order valence-electron chi connectivity index (χ1n) is 6.30. The lowest BCUT2D eigenvalue weighted by Gasteiger charge is -2.27. The number of fused-ring (bicyclic) bond motifs is 1. The molecule has 0 spiro atoms. The van der Waals surface area contributed by atoms with Gasteiger partial charge in [0.25, 0.3) is 0 Å². The summed E-state index contributed by atoms with van der Waals surface area (Å²) in [5, 5.41) is 3.39. The fourth-order valence-electron chi connectivity index (χ4n) is 2.87. The second-order valence-electron chi connectivity index (χ2n) is 5.31. The summed E-state index contributed by atoms with van der Waals surface area (Å²) in [4.78, 5) is 0.263. The van der Waals surface area contributed by atoms with Gasteiger partial charge in [-0.3, -0.25) is 0 Å². The van der Waals surface area contributed by atoms with Gasteiger partial charge in [0.1, 0.15) is 4.90 Å². The van der Waals surface area contributed by atoms with E-state index in [0.717, 1.165) is 24.9 Å². The van der Waals surface area contributed by atoms with Crippen molar-refractivity contribution >= 4 is 9.84 Å². The number of hydrogen-bond donors (Lipinski definition) is 1. The van der Waals surface area contributed by atoms with Gasteiger partial charge in [-0.15, -0.1) is 0 Å². The van der Waals surface area contributed by atoms with Gasteiger partial charge >= 0.3 is 0 Å². The van der Waals surface area contributed by atoms with E-state index >= 15 is 0 Å². The first kappa shape index (κ1) is 12.7. The third-order valence-electron chi connectivity index (χ3n) is 3.83. The Morgan fingerprint density at radius 1 is 1.32 bits per heavy atom. The Morgan fingerprint density at radius 3 is 2.74 bits per heavy atom. The van der Waals surface area contributed by atoms with Crippen molar-refractivity contribution in [3.05, 3.63) is 17.7 Å². The molecule has 0 saturated carbocycles. The summed E-state index contributed by atoms with van der Waals surface area (Å²) in [7, 11) is -3.38. The number of benzene rings is 1. The van der Waals surface area contributed by atoms with Crippen LogP contribution >= 0.6 is 0 Å². The largest absolute Gasteiger partial charge is 0.454 e. The molecule has 2 aliphatic rings. The molecule has 1 unspecified atom stereocenters. The van der Waals surface area contributed by atoms with Crippen molar-refractivity contribution in [1.29, 1.82) is 0 Å². The zero-order valence-electron chi connectivity index (χ0n) is 11.0. The summed E-state index contributed by atoms with van der Waals surface area (Å²) >= 11 is 0. The summed E-state index contributed by atoms with van der Waals surface area (Å²) in [5.41, 5.74) is 0.455. The molecule has 1 aromatic carbocycles. The molecule has 2 heterocycles. The second kappa shape index (κ2) is 4.11. The Bertz CT molecular complexity index is 618. The van der Waals surface area contributed by atoms with E-state index < -0.39 is 9.84 Å². The number of ether oxygens (including phenoxy) is 2. The highest BCUT2D eigenvalue weighted by molar-refractivity contribution is 7.90. The van der Waals surface area contributed by atoms with Crippen LogP contribution < -0.4 is 14.8 Å². The minimum Gasteiger partial charge on any atom is -0.454 e. The van der Waals surface area contributed by atoms with Crippen LogP contribution in [0, 0.1) is 0 Å². The highest BCUT2D eigenvalue weighted by Crippen LogP contribution is 2.45. The monoisotopic (exact) mass is 283 g/mol. The average molecular weight is 283 g/mol.